The van der Waals surface area contributed by atoms with Crippen LogP contribution in [0.25, 0.3) is 0 Å². The Morgan fingerprint density at radius 1 is 0.864 bits per heavy atom. The number of carbonyl (C=O) groups is 1. The Balaban J connectivity index is 0.00000441. The minimum atomic E-state index is -0.0678. The topological polar surface area (TPSA) is 61.3 Å². The van der Waals surface area contributed by atoms with Gasteiger partial charge in [0.1, 0.15) is 6.61 Å². The molecule has 0 aromatic heterocycles. The summed E-state index contributed by atoms with van der Waals surface area (Å²) >= 11 is 0. The zero-order valence-electron chi connectivity index (χ0n) is 14.2. The van der Waals surface area contributed by atoms with Crippen molar-refractivity contribution in [2.45, 2.75) is 77.7 Å². The maximum absolute atomic E-state index is 11.6. The summed E-state index contributed by atoms with van der Waals surface area (Å²) in [6, 6.07) is 9.85. The van der Waals surface area contributed by atoms with Crippen molar-refractivity contribution in [3.05, 3.63) is 35.9 Å². The molecular weight excluding hydrogens is 274 g/mol. The van der Waals surface area contributed by atoms with Crippen LogP contribution in [0.15, 0.2) is 30.3 Å². The van der Waals surface area contributed by atoms with Gasteiger partial charge in [0, 0.05) is 6.42 Å². The van der Waals surface area contributed by atoms with E-state index >= 15 is 0 Å². The zero-order chi connectivity index (χ0) is 15.2. The molecular formula is C19H33NO2. The largest absolute Gasteiger partial charge is 0.461 e. The van der Waals surface area contributed by atoms with Crippen molar-refractivity contribution in [2.75, 3.05) is 0 Å². The molecule has 0 bridgehead atoms. The van der Waals surface area contributed by atoms with Gasteiger partial charge in [0.15, 0.2) is 0 Å². The van der Waals surface area contributed by atoms with Crippen molar-refractivity contribution in [1.82, 2.24) is 6.15 Å². The van der Waals surface area contributed by atoms with Gasteiger partial charge in [0.2, 0.25) is 0 Å². The zero-order valence-corrected chi connectivity index (χ0v) is 14.2. The Kier molecular flexibility index (Phi) is 13.7. The quantitative estimate of drug-likeness (QED) is 0.391. The first-order valence-corrected chi connectivity index (χ1v) is 8.52. The summed E-state index contributed by atoms with van der Waals surface area (Å²) in [6.45, 7) is 2.65. The first-order chi connectivity index (χ1) is 10.3. The van der Waals surface area contributed by atoms with E-state index in [1.54, 1.807) is 0 Å². The van der Waals surface area contributed by atoms with Crippen LogP contribution in [0, 0.1) is 0 Å². The number of benzene rings is 1. The first kappa shape index (κ1) is 20.6. The first-order valence-electron chi connectivity index (χ1n) is 8.52. The predicted octanol–water partition coefficient (Wildman–Crippen LogP) is 5.81. The lowest BCUT2D eigenvalue weighted by molar-refractivity contribution is -0.145. The Labute approximate surface area is 136 Å². The highest BCUT2D eigenvalue weighted by Gasteiger charge is 2.03. The van der Waals surface area contributed by atoms with E-state index < -0.39 is 0 Å². The van der Waals surface area contributed by atoms with Crippen molar-refractivity contribution < 1.29 is 9.53 Å². The average molecular weight is 307 g/mol. The molecule has 0 unspecified atom stereocenters. The van der Waals surface area contributed by atoms with Crippen molar-refractivity contribution in [2.24, 2.45) is 0 Å². The minimum absolute atomic E-state index is 0. The predicted molar refractivity (Wildman–Crippen MR) is 93.1 cm³/mol. The molecule has 0 atom stereocenters. The van der Waals surface area contributed by atoms with Crippen LogP contribution < -0.4 is 6.15 Å². The highest BCUT2D eigenvalue weighted by Crippen LogP contribution is 2.11. The van der Waals surface area contributed by atoms with Gasteiger partial charge in [-0.1, -0.05) is 88.6 Å². The summed E-state index contributed by atoms with van der Waals surface area (Å²) in [6.07, 6.45) is 12.0. The van der Waals surface area contributed by atoms with E-state index in [0.717, 1.165) is 18.4 Å². The SMILES string of the molecule is CCCCCCCCCCCC(=O)OCc1ccccc1.N. The summed E-state index contributed by atoms with van der Waals surface area (Å²) in [5, 5.41) is 0. The number of hydrogen-bond donors (Lipinski definition) is 1. The molecule has 3 heteroatoms. The standard InChI is InChI=1S/C19H30O2.H3N/c1-2-3-4-5-6-7-8-9-13-16-19(20)21-17-18-14-11-10-12-15-18;/h10-12,14-15H,2-9,13,16-17H2,1H3;1H3. The molecule has 0 heterocycles. The molecule has 0 spiro atoms. The summed E-state index contributed by atoms with van der Waals surface area (Å²) in [4.78, 5) is 11.6. The third-order valence-electron chi connectivity index (χ3n) is 3.73. The molecule has 0 fully saturated rings. The molecule has 0 saturated heterocycles. The summed E-state index contributed by atoms with van der Waals surface area (Å²) < 4.78 is 5.26. The van der Waals surface area contributed by atoms with Gasteiger partial charge in [-0.15, -0.1) is 0 Å². The lowest BCUT2D eigenvalue weighted by atomic mass is 10.1. The molecule has 0 aliphatic carbocycles. The number of carbonyl (C=O) groups excluding carboxylic acids is 1. The second-order valence-electron chi connectivity index (χ2n) is 5.72. The van der Waals surface area contributed by atoms with E-state index in [1.807, 2.05) is 30.3 Å². The van der Waals surface area contributed by atoms with Crippen molar-refractivity contribution in [3.8, 4) is 0 Å². The summed E-state index contributed by atoms with van der Waals surface area (Å²) in [5.74, 6) is -0.0678. The monoisotopic (exact) mass is 307 g/mol. The average Bonchev–Trinajstić information content (AvgIpc) is 2.52. The molecule has 1 rings (SSSR count). The van der Waals surface area contributed by atoms with Crippen LogP contribution in [0.2, 0.25) is 0 Å². The smallest absolute Gasteiger partial charge is 0.306 e. The molecule has 3 N–H and O–H groups in total. The van der Waals surface area contributed by atoms with Crippen LogP contribution in [0.4, 0.5) is 0 Å². The maximum atomic E-state index is 11.6. The van der Waals surface area contributed by atoms with E-state index in [-0.39, 0.29) is 12.1 Å². The van der Waals surface area contributed by atoms with Crippen LogP contribution in [0.3, 0.4) is 0 Å². The minimum Gasteiger partial charge on any atom is -0.461 e. The van der Waals surface area contributed by atoms with Crippen LogP contribution >= 0.6 is 0 Å². The van der Waals surface area contributed by atoms with E-state index in [4.69, 9.17) is 4.74 Å². The normalized spacial score (nSPS) is 10.0. The summed E-state index contributed by atoms with van der Waals surface area (Å²) in [7, 11) is 0. The van der Waals surface area contributed by atoms with E-state index in [1.165, 1.54) is 44.9 Å². The fourth-order valence-corrected chi connectivity index (χ4v) is 2.39. The fraction of sp³-hybridized carbons (Fsp3) is 0.632. The van der Waals surface area contributed by atoms with Gasteiger partial charge in [0.25, 0.3) is 0 Å². The second kappa shape index (κ2) is 14.6. The third kappa shape index (κ3) is 11.3. The number of esters is 1. The Morgan fingerprint density at radius 2 is 1.41 bits per heavy atom. The van der Waals surface area contributed by atoms with Gasteiger partial charge in [-0.2, -0.15) is 0 Å². The molecule has 0 aliphatic rings. The third-order valence-corrected chi connectivity index (χ3v) is 3.73. The number of hydrogen-bond acceptors (Lipinski definition) is 3. The van der Waals surface area contributed by atoms with Crippen LogP contribution in [-0.2, 0) is 16.1 Å². The molecule has 1 aromatic rings. The highest BCUT2D eigenvalue weighted by molar-refractivity contribution is 5.69. The number of ether oxygens (including phenoxy) is 1. The van der Waals surface area contributed by atoms with Crippen LogP contribution in [0.5, 0.6) is 0 Å². The van der Waals surface area contributed by atoms with E-state index in [0.29, 0.717) is 13.0 Å². The van der Waals surface area contributed by atoms with Gasteiger partial charge >= 0.3 is 5.97 Å². The number of rotatable bonds is 12. The van der Waals surface area contributed by atoms with Gasteiger partial charge in [-0.25, -0.2) is 0 Å². The molecule has 126 valence electrons. The highest BCUT2D eigenvalue weighted by atomic mass is 16.5. The van der Waals surface area contributed by atoms with Crippen molar-refractivity contribution in [3.63, 3.8) is 0 Å². The van der Waals surface area contributed by atoms with Crippen molar-refractivity contribution in [1.29, 1.82) is 0 Å². The summed E-state index contributed by atoms with van der Waals surface area (Å²) in [5.41, 5.74) is 1.05. The van der Waals surface area contributed by atoms with Crippen LogP contribution in [-0.4, -0.2) is 5.97 Å². The van der Waals surface area contributed by atoms with E-state index in [9.17, 15) is 4.79 Å². The Bertz CT molecular complexity index is 365. The van der Waals surface area contributed by atoms with Crippen LogP contribution in [0.1, 0.15) is 76.7 Å². The van der Waals surface area contributed by atoms with Gasteiger partial charge in [-0.05, 0) is 12.0 Å². The molecule has 1 aromatic carbocycles. The second-order valence-corrected chi connectivity index (χ2v) is 5.72. The Hall–Kier alpha value is -1.35. The van der Waals surface area contributed by atoms with Gasteiger partial charge in [0.05, 0.1) is 0 Å². The number of unbranched alkanes of at least 4 members (excludes halogenated alkanes) is 8. The Morgan fingerprint density at radius 3 is 2.00 bits per heavy atom. The molecule has 22 heavy (non-hydrogen) atoms. The molecule has 0 aliphatic heterocycles. The maximum Gasteiger partial charge on any atom is 0.306 e. The molecule has 0 saturated carbocycles. The van der Waals surface area contributed by atoms with Crippen molar-refractivity contribution >= 4 is 5.97 Å². The lowest BCUT2D eigenvalue weighted by Crippen LogP contribution is -2.04. The lowest BCUT2D eigenvalue weighted by Gasteiger charge is -2.05. The van der Waals surface area contributed by atoms with Gasteiger partial charge in [-0.3, -0.25) is 4.79 Å². The van der Waals surface area contributed by atoms with Gasteiger partial charge < -0.3 is 10.9 Å². The van der Waals surface area contributed by atoms with E-state index in [2.05, 4.69) is 6.92 Å². The molecule has 0 radical (unpaired) electrons. The molecule has 3 nitrogen and oxygen atoms in total. The molecule has 0 amide bonds. The fourth-order valence-electron chi connectivity index (χ4n) is 2.39.